The second-order valence-corrected chi connectivity index (χ2v) is 12.5. The van der Waals surface area contributed by atoms with Crippen molar-refractivity contribution in [3.8, 4) is 11.5 Å². The average molecular weight is 657 g/mol. The highest BCUT2D eigenvalue weighted by Gasteiger charge is 2.31. The molecule has 0 spiro atoms. The smallest absolute Gasteiger partial charge is 0.247 e. The molecule has 3 aliphatic heterocycles. The average Bonchev–Trinajstić information content (AvgIpc) is 3.63. The molecule has 48 heavy (non-hydrogen) atoms. The molecule has 2 aromatic carbocycles. The van der Waals surface area contributed by atoms with E-state index in [1.165, 1.54) is 25.4 Å². The number of anilines is 5. The van der Waals surface area contributed by atoms with Crippen molar-refractivity contribution in [2.24, 2.45) is 0 Å². The Morgan fingerprint density at radius 3 is 2.54 bits per heavy atom. The summed E-state index contributed by atoms with van der Waals surface area (Å²) < 4.78 is 11.3. The van der Waals surface area contributed by atoms with Crippen molar-refractivity contribution in [2.45, 2.75) is 44.7 Å². The summed E-state index contributed by atoms with van der Waals surface area (Å²) in [6.07, 6.45) is 6.97. The van der Waals surface area contributed by atoms with Crippen LogP contribution in [0.4, 0.5) is 28.7 Å². The van der Waals surface area contributed by atoms with E-state index in [2.05, 4.69) is 54.9 Å². The third-order valence-corrected chi connectivity index (χ3v) is 9.55. The molecule has 4 heterocycles. The highest BCUT2D eigenvalue weighted by molar-refractivity contribution is 6.02. The van der Waals surface area contributed by atoms with E-state index in [9.17, 15) is 4.79 Å². The zero-order chi connectivity index (χ0) is 33.5. The minimum absolute atomic E-state index is 0.0211. The van der Waals surface area contributed by atoms with Gasteiger partial charge in [0.1, 0.15) is 23.6 Å². The number of amides is 1. The summed E-state index contributed by atoms with van der Waals surface area (Å²) in [4.78, 5) is 35.2. The summed E-state index contributed by atoms with van der Waals surface area (Å²) in [6, 6.07) is 14.3. The number of nitrogens with zero attached hydrogens (tertiary/aromatic N) is 6. The highest BCUT2D eigenvalue weighted by atomic mass is 16.7. The number of rotatable bonds is 12. The molecule has 3 aliphatic rings. The number of ether oxygens (including phenoxy) is 2. The number of methoxy groups -OCH3 is 2. The first kappa shape index (κ1) is 33.5. The Labute approximate surface area is 283 Å². The van der Waals surface area contributed by atoms with Crippen molar-refractivity contribution in [3.63, 3.8) is 0 Å². The zero-order valence-electron chi connectivity index (χ0n) is 28.4. The first-order valence-electron chi connectivity index (χ1n) is 17.0. The predicted molar refractivity (Wildman–Crippen MR) is 189 cm³/mol. The van der Waals surface area contributed by atoms with Crippen molar-refractivity contribution in [2.75, 3.05) is 87.2 Å². The van der Waals surface area contributed by atoms with Gasteiger partial charge in [0, 0.05) is 63.9 Å². The minimum atomic E-state index is -0.272. The van der Waals surface area contributed by atoms with Gasteiger partial charge in [-0.25, -0.2) is 15.0 Å². The Bertz CT molecular complexity index is 1550. The van der Waals surface area contributed by atoms with Gasteiger partial charge in [-0.3, -0.25) is 14.5 Å². The molecule has 0 bridgehead atoms. The highest BCUT2D eigenvalue weighted by Crippen LogP contribution is 2.41. The number of carbonyl (C=O) groups excluding carboxylic acids is 1. The maximum atomic E-state index is 12.6. The molecule has 3 saturated heterocycles. The second kappa shape index (κ2) is 15.7. The fraction of sp³-hybridized carbons (Fsp3) is 0.472. The molecule has 256 valence electrons. The maximum absolute atomic E-state index is 12.6. The van der Waals surface area contributed by atoms with E-state index in [1.54, 1.807) is 14.2 Å². The van der Waals surface area contributed by atoms with E-state index in [4.69, 9.17) is 14.3 Å². The van der Waals surface area contributed by atoms with Crippen LogP contribution >= 0.6 is 0 Å². The SMILES string of the molecule is C=CC(=O)Nc1cc(Nc2cc(N3OCCC3c3cccc(OC)c3)ncn2)c(OC)cc1N1CCC(N2CCN(CCC)CC2)CC1. The van der Waals surface area contributed by atoms with E-state index in [1.807, 2.05) is 41.5 Å². The first-order valence-corrected chi connectivity index (χ1v) is 17.0. The summed E-state index contributed by atoms with van der Waals surface area (Å²) in [5.74, 6) is 2.36. The Morgan fingerprint density at radius 2 is 1.81 bits per heavy atom. The third-order valence-electron chi connectivity index (χ3n) is 9.55. The van der Waals surface area contributed by atoms with Gasteiger partial charge in [-0.05, 0) is 55.6 Å². The molecule has 1 atom stereocenters. The lowest BCUT2D eigenvalue weighted by atomic mass is 10.0. The number of piperidine rings is 1. The van der Waals surface area contributed by atoms with Crippen molar-refractivity contribution in [1.29, 1.82) is 0 Å². The minimum Gasteiger partial charge on any atom is -0.497 e. The van der Waals surface area contributed by atoms with Crippen LogP contribution in [0.5, 0.6) is 11.5 Å². The number of hydroxylamine groups is 1. The number of nitrogens with one attached hydrogen (secondary N) is 2. The van der Waals surface area contributed by atoms with Crippen LogP contribution < -0.4 is 30.1 Å². The molecular weight excluding hydrogens is 608 g/mol. The van der Waals surface area contributed by atoms with E-state index in [0.29, 0.717) is 41.4 Å². The van der Waals surface area contributed by atoms with Crippen LogP contribution in [0.25, 0.3) is 0 Å². The molecule has 6 rings (SSSR count). The van der Waals surface area contributed by atoms with Crippen molar-refractivity contribution >= 4 is 34.6 Å². The molecule has 0 radical (unpaired) electrons. The molecule has 1 amide bonds. The van der Waals surface area contributed by atoms with Gasteiger partial charge in [0.15, 0.2) is 5.82 Å². The fourth-order valence-corrected chi connectivity index (χ4v) is 7.04. The van der Waals surface area contributed by atoms with Crippen LogP contribution in [0, 0.1) is 0 Å². The third kappa shape index (κ3) is 7.67. The maximum Gasteiger partial charge on any atom is 0.247 e. The summed E-state index contributed by atoms with van der Waals surface area (Å²) in [7, 11) is 3.32. The monoisotopic (exact) mass is 656 g/mol. The van der Waals surface area contributed by atoms with E-state index >= 15 is 0 Å². The predicted octanol–water partition coefficient (Wildman–Crippen LogP) is 5.24. The van der Waals surface area contributed by atoms with E-state index in [0.717, 1.165) is 75.5 Å². The number of benzene rings is 2. The van der Waals surface area contributed by atoms with Crippen LogP contribution in [0.3, 0.4) is 0 Å². The van der Waals surface area contributed by atoms with Gasteiger partial charge in [0.2, 0.25) is 5.91 Å². The van der Waals surface area contributed by atoms with Crippen LogP contribution in [-0.2, 0) is 9.63 Å². The quantitative estimate of drug-likeness (QED) is 0.250. The number of aromatic nitrogens is 2. The molecule has 3 aromatic rings. The van der Waals surface area contributed by atoms with Crippen LogP contribution in [0.2, 0.25) is 0 Å². The first-order chi connectivity index (χ1) is 23.5. The Hall–Kier alpha value is -4.39. The molecule has 1 unspecified atom stereocenters. The molecule has 0 aliphatic carbocycles. The lowest BCUT2D eigenvalue weighted by Crippen LogP contribution is -2.53. The number of carbonyl (C=O) groups is 1. The molecular formula is C36H48N8O4. The molecule has 0 saturated carbocycles. The van der Waals surface area contributed by atoms with Crippen molar-refractivity contribution in [1.82, 2.24) is 19.8 Å². The van der Waals surface area contributed by atoms with Gasteiger partial charge < -0.3 is 29.9 Å². The van der Waals surface area contributed by atoms with E-state index in [-0.39, 0.29) is 11.9 Å². The van der Waals surface area contributed by atoms with Gasteiger partial charge in [0.05, 0.1) is 43.9 Å². The zero-order valence-corrected chi connectivity index (χ0v) is 28.4. The number of hydrogen-bond acceptors (Lipinski definition) is 11. The van der Waals surface area contributed by atoms with Gasteiger partial charge >= 0.3 is 0 Å². The Morgan fingerprint density at radius 1 is 1.00 bits per heavy atom. The topological polar surface area (TPSA) is 108 Å². The van der Waals surface area contributed by atoms with Crippen molar-refractivity contribution < 1.29 is 19.1 Å². The molecule has 1 aromatic heterocycles. The van der Waals surface area contributed by atoms with Gasteiger partial charge in [-0.1, -0.05) is 25.6 Å². The Balaban J connectivity index is 1.19. The van der Waals surface area contributed by atoms with Gasteiger partial charge in [-0.15, -0.1) is 0 Å². The summed E-state index contributed by atoms with van der Waals surface area (Å²) >= 11 is 0. The number of hydrogen-bond donors (Lipinski definition) is 2. The van der Waals surface area contributed by atoms with E-state index < -0.39 is 0 Å². The van der Waals surface area contributed by atoms with Crippen molar-refractivity contribution in [3.05, 3.63) is 67.0 Å². The molecule has 3 fully saturated rings. The summed E-state index contributed by atoms with van der Waals surface area (Å²) in [6.45, 7) is 14.0. The second-order valence-electron chi connectivity index (χ2n) is 12.5. The standard InChI is InChI=1S/C36H48N8O4/c1-5-13-41-16-18-42(19-17-41)27-10-14-43(15-11-27)32-23-33(47-4)30(22-29(32)40-36(45)6-2)39-34-24-35(38-25-37-34)44-31(12-20-48-44)26-8-7-9-28(21-26)46-3/h6-9,21-25,27,31H,2,5,10-20H2,1,3-4H3,(H,40,45)(H,37,38,39). The van der Waals surface area contributed by atoms with Crippen LogP contribution in [0.15, 0.2) is 61.4 Å². The number of piperazine rings is 1. The molecule has 2 N–H and O–H groups in total. The largest absolute Gasteiger partial charge is 0.497 e. The van der Waals surface area contributed by atoms with Crippen LogP contribution in [-0.4, -0.2) is 98.4 Å². The fourth-order valence-electron chi connectivity index (χ4n) is 7.04. The Kier molecular flexibility index (Phi) is 10.9. The molecule has 12 nitrogen and oxygen atoms in total. The lowest BCUT2D eigenvalue weighted by Gasteiger charge is -2.43. The van der Waals surface area contributed by atoms with Crippen LogP contribution in [0.1, 0.15) is 44.2 Å². The summed E-state index contributed by atoms with van der Waals surface area (Å²) in [5, 5.41) is 8.26. The summed E-state index contributed by atoms with van der Waals surface area (Å²) in [5.41, 5.74) is 3.36. The van der Waals surface area contributed by atoms with Gasteiger partial charge in [-0.2, -0.15) is 0 Å². The molecule has 12 heteroatoms. The van der Waals surface area contributed by atoms with Gasteiger partial charge in [0.25, 0.3) is 0 Å². The normalized spacial score (nSPS) is 19.3. The lowest BCUT2D eigenvalue weighted by molar-refractivity contribution is -0.111.